The van der Waals surface area contributed by atoms with Gasteiger partial charge in [-0.2, -0.15) is 0 Å². The SMILES string of the molecule is CCC(O)COC1(C2=NCCN2)COc2ccccc2O1. The molecule has 0 fully saturated rings. The zero-order chi connectivity index (χ0) is 14.7. The number of benzene rings is 1. The zero-order valence-corrected chi connectivity index (χ0v) is 12.0. The molecule has 2 aliphatic rings. The third-order valence-electron chi connectivity index (χ3n) is 3.56. The predicted octanol–water partition coefficient (Wildman–Crippen LogP) is 0.943. The molecule has 3 rings (SSSR count). The van der Waals surface area contributed by atoms with Crippen molar-refractivity contribution < 1.29 is 19.3 Å². The topological polar surface area (TPSA) is 72.3 Å². The number of aliphatic hydroxyl groups excluding tert-OH is 1. The zero-order valence-electron chi connectivity index (χ0n) is 12.0. The lowest BCUT2D eigenvalue weighted by Gasteiger charge is -2.38. The maximum absolute atomic E-state index is 9.76. The minimum atomic E-state index is -1.11. The summed E-state index contributed by atoms with van der Waals surface area (Å²) in [6.45, 7) is 3.71. The van der Waals surface area contributed by atoms with Gasteiger partial charge in [-0.25, -0.2) is 0 Å². The first-order valence-electron chi connectivity index (χ1n) is 7.25. The Morgan fingerprint density at radius 3 is 2.95 bits per heavy atom. The summed E-state index contributed by atoms with van der Waals surface area (Å²) < 4.78 is 17.7. The van der Waals surface area contributed by atoms with E-state index in [1.165, 1.54) is 0 Å². The Morgan fingerprint density at radius 1 is 1.43 bits per heavy atom. The Morgan fingerprint density at radius 2 is 2.24 bits per heavy atom. The van der Waals surface area contributed by atoms with E-state index in [1.807, 2.05) is 31.2 Å². The molecule has 114 valence electrons. The van der Waals surface area contributed by atoms with Crippen LogP contribution >= 0.6 is 0 Å². The van der Waals surface area contributed by atoms with Gasteiger partial charge in [0, 0.05) is 6.54 Å². The molecular formula is C15H20N2O4. The first kappa shape index (κ1) is 14.2. The molecule has 2 unspecified atom stereocenters. The number of fused-ring (bicyclic) bond motifs is 1. The molecule has 6 nitrogen and oxygen atoms in total. The van der Waals surface area contributed by atoms with Crippen LogP contribution in [-0.2, 0) is 4.74 Å². The quantitative estimate of drug-likeness (QED) is 0.845. The van der Waals surface area contributed by atoms with E-state index in [4.69, 9.17) is 14.2 Å². The molecule has 0 spiro atoms. The van der Waals surface area contributed by atoms with Crippen LogP contribution in [0, 0.1) is 0 Å². The van der Waals surface area contributed by atoms with Gasteiger partial charge in [0.2, 0.25) is 0 Å². The highest BCUT2D eigenvalue weighted by Crippen LogP contribution is 2.36. The molecule has 1 aromatic carbocycles. The maximum atomic E-state index is 9.76. The van der Waals surface area contributed by atoms with Gasteiger partial charge in [0.1, 0.15) is 0 Å². The fourth-order valence-corrected chi connectivity index (χ4v) is 2.29. The second kappa shape index (κ2) is 5.91. The van der Waals surface area contributed by atoms with Crippen molar-refractivity contribution in [2.45, 2.75) is 25.2 Å². The maximum Gasteiger partial charge on any atom is 0.304 e. The van der Waals surface area contributed by atoms with E-state index in [-0.39, 0.29) is 13.2 Å². The first-order chi connectivity index (χ1) is 10.2. The van der Waals surface area contributed by atoms with Crippen molar-refractivity contribution in [3.05, 3.63) is 24.3 Å². The minimum absolute atomic E-state index is 0.169. The van der Waals surface area contributed by atoms with Crippen LogP contribution in [0.4, 0.5) is 0 Å². The number of rotatable bonds is 5. The van der Waals surface area contributed by atoms with E-state index >= 15 is 0 Å². The van der Waals surface area contributed by atoms with Crippen LogP contribution in [0.25, 0.3) is 0 Å². The van der Waals surface area contributed by atoms with Crippen LogP contribution in [0.3, 0.4) is 0 Å². The van der Waals surface area contributed by atoms with Gasteiger partial charge < -0.3 is 24.6 Å². The van der Waals surface area contributed by atoms with Crippen molar-refractivity contribution in [3.8, 4) is 11.5 Å². The van der Waals surface area contributed by atoms with Crippen LogP contribution in [0.1, 0.15) is 13.3 Å². The Balaban J connectivity index is 1.84. The van der Waals surface area contributed by atoms with Crippen LogP contribution < -0.4 is 14.8 Å². The highest BCUT2D eigenvalue weighted by molar-refractivity contribution is 5.91. The van der Waals surface area contributed by atoms with E-state index in [9.17, 15) is 5.11 Å². The Kier molecular flexibility index (Phi) is 3.98. The molecule has 0 aromatic heterocycles. The van der Waals surface area contributed by atoms with E-state index in [0.717, 1.165) is 6.54 Å². The molecule has 2 atom stereocenters. The van der Waals surface area contributed by atoms with Gasteiger partial charge in [-0.05, 0) is 18.6 Å². The van der Waals surface area contributed by atoms with Crippen LogP contribution in [0.15, 0.2) is 29.3 Å². The minimum Gasteiger partial charge on any atom is -0.482 e. The predicted molar refractivity (Wildman–Crippen MR) is 77.9 cm³/mol. The summed E-state index contributed by atoms with van der Waals surface area (Å²) in [7, 11) is 0. The molecule has 2 N–H and O–H groups in total. The standard InChI is InChI=1S/C15H20N2O4/c1-2-11(18)9-20-15(14-16-7-8-17-14)10-19-12-5-3-4-6-13(12)21-15/h3-6,11,18H,2,7-10H2,1H3,(H,16,17). The van der Waals surface area contributed by atoms with E-state index in [0.29, 0.717) is 30.3 Å². The lowest BCUT2D eigenvalue weighted by molar-refractivity contribution is -0.178. The second-order valence-electron chi connectivity index (χ2n) is 5.12. The number of amidine groups is 1. The molecule has 0 bridgehead atoms. The fraction of sp³-hybridized carbons (Fsp3) is 0.533. The Bertz CT molecular complexity index is 534. The summed E-state index contributed by atoms with van der Waals surface area (Å²) >= 11 is 0. The van der Waals surface area contributed by atoms with Gasteiger partial charge in [0.15, 0.2) is 23.9 Å². The van der Waals surface area contributed by atoms with Crippen LogP contribution in [-0.4, -0.2) is 49.1 Å². The van der Waals surface area contributed by atoms with Gasteiger partial charge in [0.05, 0.1) is 19.3 Å². The highest BCUT2D eigenvalue weighted by Gasteiger charge is 2.46. The molecule has 1 aromatic rings. The van der Waals surface area contributed by atoms with Gasteiger partial charge in [-0.3, -0.25) is 4.99 Å². The largest absolute Gasteiger partial charge is 0.482 e. The van der Waals surface area contributed by atoms with Gasteiger partial charge in [-0.15, -0.1) is 0 Å². The molecule has 0 radical (unpaired) electrons. The summed E-state index contributed by atoms with van der Waals surface area (Å²) in [5.74, 6) is 0.818. The number of nitrogens with one attached hydrogen (secondary N) is 1. The van der Waals surface area contributed by atoms with Crippen LogP contribution in [0.2, 0.25) is 0 Å². The van der Waals surface area contributed by atoms with Crippen molar-refractivity contribution in [1.82, 2.24) is 5.32 Å². The third-order valence-corrected chi connectivity index (χ3v) is 3.56. The third kappa shape index (κ3) is 2.82. The molecular weight excluding hydrogens is 272 g/mol. The summed E-state index contributed by atoms with van der Waals surface area (Å²) in [6, 6.07) is 7.45. The molecule has 2 heterocycles. The van der Waals surface area contributed by atoms with Gasteiger partial charge >= 0.3 is 5.79 Å². The summed E-state index contributed by atoms with van der Waals surface area (Å²) in [5, 5.41) is 12.9. The normalized spacial score (nSPS) is 25.1. The monoisotopic (exact) mass is 292 g/mol. The molecule has 0 saturated heterocycles. The van der Waals surface area contributed by atoms with Gasteiger partial charge in [0.25, 0.3) is 0 Å². The molecule has 21 heavy (non-hydrogen) atoms. The van der Waals surface area contributed by atoms with Crippen LogP contribution in [0.5, 0.6) is 11.5 Å². The Hall–Kier alpha value is -1.79. The lowest BCUT2D eigenvalue weighted by atomic mass is 10.2. The summed E-state index contributed by atoms with van der Waals surface area (Å²) in [6.07, 6.45) is 0.0811. The molecule has 2 aliphatic heterocycles. The van der Waals surface area contributed by atoms with Crippen molar-refractivity contribution in [2.24, 2.45) is 4.99 Å². The Labute approximate surface area is 123 Å². The molecule has 6 heteroatoms. The number of para-hydroxylation sites is 2. The number of nitrogens with zero attached hydrogens (tertiary/aromatic N) is 1. The van der Waals surface area contributed by atoms with Crippen molar-refractivity contribution in [3.63, 3.8) is 0 Å². The first-order valence-corrected chi connectivity index (χ1v) is 7.25. The van der Waals surface area contributed by atoms with Crippen molar-refractivity contribution in [1.29, 1.82) is 0 Å². The van der Waals surface area contributed by atoms with Crippen molar-refractivity contribution >= 4 is 5.84 Å². The number of hydrogen-bond donors (Lipinski definition) is 2. The summed E-state index contributed by atoms with van der Waals surface area (Å²) in [4.78, 5) is 4.40. The molecule has 0 amide bonds. The van der Waals surface area contributed by atoms with E-state index in [2.05, 4.69) is 10.3 Å². The summed E-state index contributed by atoms with van der Waals surface area (Å²) in [5.41, 5.74) is 0. The smallest absolute Gasteiger partial charge is 0.304 e. The number of ether oxygens (including phenoxy) is 3. The number of aliphatic hydroxyl groups is 1. The molecule has 0 aliphatic carbocycles. The van der Waals surface area contributed by atoms with E-state index in [1.54, 1.807) is 0 Å². The average molecular weight is 292 g/mol. The van der Waals surface area contributed by atoms with E-state index < -0.39 is 11.9 Å². The fourth-order valence-electron chi connectivity index (χ4n) is 2.29. The highest BCUT2D eigenvalue weighted by atomic mass is 16.7. The number of aliphatic imine (C=N–C) groups is 1. The van der Waals surface area contributed by atoms with Crippen molar-refractivity contribution in [2.75, 3.05) is 26.3 Å². The second-order valence-corrected chi connectivity index (χ2v) is 5.12. The average Bonchev–Trinajstić information content (AvgIpc) is 3.07. The number of hydrogen-bond acceptors (Lipinski definition) is 6. The lowest BCUT2D eigenvalue weighted by Crippen LogP contribution is -2.58. The van der Waals surface area contributed by atoms with Gasteiger partial charge in [-0.1, -0.05) is 19.1 Å². The molecule has 0 saturated carbocycles.